The zero-order valence-electron chi connectivity index (χ0n) is 13.0. The molecule has 0 aliphatic rings. The summed E-state index contributed by atoms with van der Waals surface area (Å²) in [7, 11) is 0. The van der Waals surface area contributed by atoms with Gasteiger partial charge in [0.05, 0.1) is 17.6 Å². The normalized spacial score (nSPS) is 10.5. The van der Waals surface area contributed by atoms with E-state index in [2.05, 4.69) is 32.2 Å². The first kappa shape index (κ1) is 16.3. The molecule has 24 heavy (non-hydrogen) atoms. The highest BCUT2D eigenvalue weighted by Crippen LogP contribution is 2.16. The zero-order valence-corrected chi connectivity index (χ0v) is 14.6. The van der Waals surface area contributed by atoms with Crippen molar-refractivity contribution in [2.45, 2.75) is 13.0 Å². The number of imidazole rings is 1. The molecule has 0 radical (unpaired) electrons. The first-order chi connectivity index (χ1) is 11.7. The van der Waals surface area contributed by atoms with Crippen LogP contribution >= 0.6 is 15.9 Å². The summed E-state index contributed by atoms with van der Waals surface area (Å²) in [5.74, 6) is 3.45. The third kappa shape index (κ3) is 3.50. The minimum Gasteiger partial charge on any atom is -0.352 e. The summed E-state index contributed by atoms with van der Waals surface area (Å²) in [5.41, 5.74) is 2.57. The molecule has 1 heterocycles. The van der Waals surface area contributed by atoms with Crippen molar-refractivity contribution in [2.24, 2.45) is 0 Å². The second kappa shape index (κ2) is 7.33. The zero-order chi connectivity index (χ0) is 16.9. The lowest BCUT2D eigenvalue weighted by atomic mass is 10.2. The standard InChI is InChI=1S/C19H16BrN3O/c1-2-13-23-17-6-4-3-5-16(17)22-18(23)11-12-21-19(24)14-7-9-15(20)10-8-14/h1,3-10H,11-13H2,(H,21,24). The molecule has 2 aromatic carbocycles. The number of hydrogen-bond donors (Lipinski definition) is 1. The van der Waals surface area contributed by atoms with E-state index >= 15 is 0 Å². The van der Waals surface area contributed by atoms with Crippen molar-refractivity contribution in [3.63, 3.8) is 0 Å². The van der Waals surface area contributed by atoms with Gasteiger partial charge < -0.3 is 9.88 Å². The van der Waals surface area contributed by atoms with E-state index in [0.717, 1.165) is 21.3 Å². The number of rotatable bonds is 5. The average molecular weight is 382 g/mol. The van der Waals surface area contributed by atoms with Gasteiger partial charge in [-0.1, -0.05) is 34.0 Å². The van der Waals surface area contributed by atoms with Crippen LogP contribution < -0.4 is 5.32 Å². The summed E-state index contributed by atoms with van der Waals surface area (Å²) in [6, 6.07) is 15.2. The number of para-hydroxylation sites is 2. The quantitative estimate of drug-likeness (QED) is 0.688. The number of carbonyl (C=O) groups is 1. The Hall–Kier alpha value is -2.58. The van der Waals surface area contributed by atoms with Crippen LogP contribution in [0.25, 0.3) is 11.0 Å². The van der Waals surface area contributed by atoms with Crippen molar-refractivity contribution in [2.75, 3.05) is 6.54 Å². The van der Waals surface area contributed by atoms with Crippen LogP contribution in [0.5, 0.6) is 0 Å². The summed E-state index contributed by atoms with van der Waals surface area (Å²) >= 11 is 3.36. The fourth-order valence-electron chi connectivity index (χ4n) is 2.58. The maximum absolute atomic E-state index is 12.1. The van der Waals surface area contributed by atoms with Crippen LogP contribution in [-0.4, -0.2) is 22.0 Å². The largest absolute Gasteiger partial charge is 0.352 e. The summed E-state index contributed by atoms with van der Waals surface area (Å²) < 4.78 is 2.96. The second-order valence-electron chi connectivity index (χ2n) is 5.32. The number of halogens is 1. The molecule has 0 atom stereocenters. The van der Waals surface area contributed by atoms with Gasteiger partial charge in [-0.2, -0.15) is 0 Å². The van der Waals surface area contributed by atoms with Crippen LogP contribution in [0.1, 0.15) is 16.2 Å². The van der Waals surface area contributed by atoms with E-state index in [-0.39, 0.29) is 5.91 Å². The molecule has 0 fully saturated rings. The number of nitrogens with zero attached hydrogens (tertiary/aromatic N) is 2. The molecule has 1 amide bonds. The van der Waals surface area contributed by atoms with E-state index in [0.29, 0.717) is 25.1 Å². The van der Waals surface area contributed by atoms with Gasteiger partial charge in [-0.3, -0.25) is 4.79 Å². The van der Waals surface area contributed by atoms with Gasteiger partial charge in [0.25, 0.3) is 5.91 Å². The topological polar surface area (TPSA) is 46.9 Å². The lowest BCUT2D eigenvalue weighted by Crippen LogP contribution is -2.26. The Morgan fingerprint density at radius 1 is 1.21 bits per heavy atom. The molecule has 3 aromatic rings. The number of fused-ring (bicyclic) bond motifs is 1. The van der Waals surface area contributed by atoms with Gasteiger partial charge >= 0.3 is 0 Å². The van der Waals surface area contributed by atoms with Gasteiger partial charge in [-0.15, -0.1) is 6.42 Å². The predicted molar refractivity (Wildman–Crippen MR) is 98.7 cm³/mol. The van der Waals surface area contributed by atoms with Crippen LogP contribution in [0.2, 0.25) is 0 Å². The van der Waals surface area contributed by atoms with Crippen molar-refractivity contribution in [3.8, 4) is 12.3 Å². The SMILES string of the molecule is C#CCn1c(CCNC(=O)c2ccc(Br)cc2)nc2ccccc21. The lowest BCUT2D eigenvalue weighted by Gasteiger charge is -2.07. The molecular formula is C19H16BrN3O. The molecule has 3 rings (SSSR count). The second-order valence-corrected chi connectivity index (χ2v) is 6.24. The minimum atomic E-state index is -0.0953. The van der Waals surface area contributed by atoms with E-state index < -0.39 is 0 Å². The number of terminal acetylenes is 1. The molecule has 0 aliphatic heterocycles. The van der Waals surface area contributed by atoms with Crippen LogP contribution in [0.15, 0.2) is 53.0 Å². The molecule has 120 valence electrons. The fraction of sp³-hybridized carbons (Fsp3) is 0.158. The molecule has 0 saturated heterocycles. The fourth-order valence-corrected chi connectivity index (χ4v) is 2.84. The van der Waals surface area contributed by atoms with Gasteiger partial charge in [0, 0.05) is 23.0 Å². The Kier molecular flexibility index (Phi) is 4.97. The third-order valence-corrected chi connectivity index (χ3v) is 4.25. The molecule has 1 aromatic heterocycles. The molecule has 4 nitrogen and oxygen atoms in total. The van der Waals surface area contributed by atoms with E-state index in [4.69, 9.17) is 6.42 Å². The highest BCUT2D eigenvalue weighted by Gasteiger charge is 2.10. The smallest absolute Gasteiger partial charge is 0.251 e. The van der Waals surface area contributed by atoms with Crippen LogP contribution in [-0.2, 0) is 13.0 Å². The van der Waals surface area contributed by atoms with Crippen molar-refractivity contribution < 1.29 is 4.79 Å². The van der Waals surface area contributed by atoms with E-state index in [9.17, 15) is 4.79 Å². The van der Waals surface area contributed by atoms with Gasteiger partial charge in [0.15, 0.2) is 0 Å². The maximum atomic E-state index is 12.1. The maximum Gasteiger partial charge on any atom is 0.251 e. The van der Waals surface area contributed by atoms with E-state index in [1.165, 1.54) is 0 Å². The predicted octanol–water partition coefficient (Wildman–Crippen LogP) is 3.40. The van der Waals surface area contributed by atoms with E-state index in [1.807, 2.05) is 41.0 Å². The Labute approximate surface area is 149 Å². The van der Waals surface area contributed by atoms with Gasteiger partial charge in [0.2, 0.25) is 0 Å². The van der Waals surface area contributed by atoms with Gasteiger partial charge in [-0.25, -0.2) is 4.98 Å². The van der Waals surface area contributed by atoms with Gasteiger partial charge in [-0.05, 0) is 36.4 Å². The van der Waals surface area contributed by atoms with Crippen LogP contribution in [0, 0.1) is 12.3 Å². The summed E-state index contributed by atoms with van der Waals surface area (Å²) in [4.78, 5) is 16.8. The number of nitrogens with one attached hydrogen (secondary N) is 1. The summed E-state index contributed by atoms with van der Waals surface area (Å²) in [6.45, 7) is 0.972. The Morgan fingerprint density at radius 3 is 2.71 bits per heavy atom. The minimum absolute atomic E-state index is 0.0953. The van der Waals surface area contributed by atoms with Crippen molar-refractivity contribution in [3.05, 3.63) is 64.4 Å². The van der Waals surface area contributed by atoms with Gasteiger partial charge in [0.1, 0.15) is 5.82 Å². The number of amides is 1. The molecule has 0 saturated carbocycles. The third-order valence-electron chi connectivity index (χ3n) is 3.72. The molecule has 5 heteroatoms. The average Bonchev–Trinajstić information content (AvgIpc) is 2.94. The molecular weight excluding hydrogens is 366 g/mol. The highest BCUT2D eigenvalue weighted by atomic mass is 79.9. The van der Waals surface area contributed by atoms with Crippen molar-refractivity contribution in [1.82, 2.24) is 14.9 Å². The van der Waals surface area contributed by atoms with Crippen molar-refractivity contribution in [1.29, 1.82) is 0 Å². The molecule has 0 spiro atoms. The summed E-state index contributed by atoms with van der Waals surface area (Å²) in [5, 5.41) is 2.92. The number of hydrogen-bond acceptors (Lipinski definition) is 2. The first-order valence-corrected chi connectivity index (χ1v) is 8.39. The number of benzene rings is 2. The molecule has 0 unspecified atom stereocenters. The Bertz CT molecular complexity index is 907. The Morgan fingerprint density at radius 2 is 1.96 bits per heavy atom. The van der Waals surface area contributed by atoms with Crippen molar-refractivity contribution >= 4 is 32.9 Å². The number of aromatic nitrogens is 2. The highest BCUT2D eigenvalue weighted by molar-refractivity contribution is 9.10. The summed E-state index contributed by atoms with van der Waals surface area (Å²) in [6.07, 6.45) is 6.10. The van der Waals surface area contributed by atoms with Crippen LogP contribution in [0.4, 0.5) is 0 Å². The molecule has 0 aliphatic carbocycles. The number of carbonyl (C=O) groups excluding carboxylic acids is 1. The lowest BCUT2D eigenvalue weighted by molar-refractivity contribution is 0.0954. The Balaban J connectivity index is 1.69. The van der Waals surface area contributed by atoms with E-state index in [1.54, 1.807) is 12.1 Å². The van der Waals surface area contributed by atoms with Crippen LogP contribution in [0.3, 0.4) is 0 Å². The molecule has 0 bridgehead atoms. The first-order valence-electron chi connectivity index (χ1n) is 7.60. The molecule has 1 N–H and O–H groups in total. The monoisotopic (exact) mass is 381 g/mol.